The second-order valence-electron chi connectivity index (χ2n) is 4.64. The van der Waals surface area contributed by atoms with E-state index < -0.39 is 0 Å². The summed E-state index contributed by atoms with van der Waals surface area (Å²) in [5, 5.41) is 0. The fourth-order valence-electron chi connectivity index (χ4n) is 1.95. The maximum Gasteiger partial charge on any atom is 0.320 e. The van der Waals surface area contributed by atoms with Gasteiger partial charge in [0.15, 0.2) is 0 Å². The Morgan fingerprint density at radius 1 is 1.10 bits per heavy atom. The molecule has 0 saturated carbocycles. The zero-order valence-electron chi connectivity index (χ0n) is 13.1. The standard InChI is InChI=1S/C15H28N2O3/c1-5-9-16(13-15(19)20-8-4)12-14(18)17(10-6-2)11-7-3/h5H,1,6-13H2,2-4H3. The lowest BCUT2D eigenvalue weighted by Gasteiger charge is -2.25. The lowest BCUT2D eigenvalue weighted by molar-refractivity contribution is -0.145. The van der Waals surface area contributed by atoms with Crippen molar-refractivity contribution in [1.29, 1.82) is 0 Å². The first-order valence-corrected chi connectivity index (χ1v) is 7.35. The van der Waals surface area contributed by atoms with Crippen molar-refractivity contribution in [2.24, 2.45) is 0 Å². The van der Waals surface area contributed by atoms with Gasteiger partial charge >= 0.3 is 5.97 Å². The topological polar surface area (TPSA) is 49.9 Å². The molecule has 0 aromatic carbocycles. The molecule has 20 heavy (non-hydrogen) atoms. The molecular formula is C15H28N2O3. The monoisotopic (exact) mass is 284 g/mol. The van der Waals surface area contributed by atoms with Gasteiger partial charge in [0.1, 0.15) is 0 Å². The lowest BCUT2D eigenvalue weighted by atomic mass is 10.3. The highest BCUT2D eigenvalue weighted by atomic mass is 16.5. The molecule has 0 radical (unpaired) electrons. The van der Waals surface area contributed by atoms with Crippen LogP contribution in [0.25, 0.3) is 0 Å². The number of amides is 1. The molecule has 116 valence electrons. The summed E-state index contributed by atoms with van der Waals surface area (Å²) in [4.78, 5) is 27.4. The van der Waals surface area contributed by atoms with Crippen molar-refractivity contribution in [3.05, 3.63) is 12.7 Å². The van der Waals surface area contributed by atoms with Crippen LogP contribution in [0.1, 0.15) is 33.6 Å². The van der Waals surface area contributed by atoms with E-state index in [2.05, 4.69) is 20.4 Å². The Labute approximate surface area is 122 Å². The Morgan fingerprint density at radius 3 is 2.15 bits per heavy atom. The van der Waals surface area contributed by atoms with Crippen molar-refractivity contribution in [2.75, 3.05) is 39.3 Å². The summed E-state index contributed by atoms with van der Waals surface area (Å²) in [5.74, 6) is -0.250. The van der Waals surface area contributed by atoms with Crippen LogP contribution in [0.2, 0.25) is 0 Å². The number of hydrogen-bond donors (Lipinski definition) is 0. The molecule has 5 heteroatoms. The summed E-state index contributed by atoms with van der Waals surface area (Å²) in [6, 6.07) is 0. The summed E-state index contributed by atoms with van der Waals surface area (Å²) < 4.78 is 4.92. The van der Waals surface area contributed by atoms with E-state index in [1.54, 1.807) is 17.9 Å². The average molecular weight is 284 g/mol. The first-order chi connectivity index (χ1) is 9.58. The highest BCUT2D eigenvalue weighted by Crippen LogP contribution is 1.99. The maximum atomic E-state index is 12.2. The van der Waals surface area contributed by atoms with Crippen LogP contribution < -0.4 is 0 Å². The average Bonchev–Trinajstić information content (AvgIpc) is 2.38. The lowest BCUT2D eigenvalue weighted by Crippen LogP contribution is -2.43. The van der Waals surface area contributed by atoms with Gasteiger partial charge in [0.25, 0.3) is 0 Å². The molecule has 0 aromatic rings. The van der Waals surface area contributed by atoms with E-state index in [9.17, 15) is 9.59 Å². The minimum absolute atomic E-state index is 0.0554. The summed E-state index contributed by atoms with van der Waals surface area (Å²) in [6.07, 6.45) is 3.56. The van der Waals surface area contributed by atoms with E-state index in [0.717, 1.165) is 25.9 Å². The van der Waals surface area contributed by atoms with Gasteiger partial charge in [-0.1, -0.05) is 19.9 Å². The van der Waals surface area contributed by atoms with Crippen molar-refractivity contribution in [1.82, 2.24) is 9.80 Å². The molecule has 0 aromatic heterocycles. The number of hydrogen-bond acceptors (Lipinski definition) is 4. The first-order valence-electron chi connectivity index (χ1n) is 7.35. The van der Waals surface area contributed by atoms with Crippen LogP contribution >= 0.6 is 0 Å². The van der Waals surface area contributed by atoms with Crippen LogP contribution in [0.3, 0.4) is 0 Å². The van der Waals surface area contributed by atoms with Gasteiger partial charge in [0.05, 0.1) is 19.7 Å². The van der Waals surface area contributed by atoms with Gasteiger partial charge in [-0.15, -0.1) is 6.58 Å². The minimum atomic E-state index is -0.306. The number of ether oxygens (including phenoxy) is 1. The Bertz CT molecular complexity index is 299. The van der Waals surface area contributed by atoms with E-state index >= 15 is 0 Å². The number of carbonyl (C=O) groups is 2. The summed E-state index contributed by atoms with van der Waals surface area (Å²) in [5.41, 5.74) is 0. The molecule has 0 rings (SSSR count). The van der Waals surface area contributed by atoms with Gasteiger partial charge < -0.3 is 9.64 Å². The van der Waals surface area contributed by atoms with E-state index in [1.807, 2.05) is 4.90 Å². The van der Waals surface area contributed by atoms with Gasteiger partial charge in [-0.3, -0.25) is 14.5 Å². The molecule has 0 fully saturated rings. The van der Waals surface area contributed by atoms with Crippen LogP contribution in [0, 0.1) is 0 Å². The van der Waals surface area contributed by atoms with Crippen molar-refractivity contribution in [3.63, 3.8) is 0 Å². The van der Waals surface area contributed by atoms with Crippen LogP contribution in [-0.4, -0.2) is 61.0 Å². The van der Waals surface area contributed by atoms with Crippen molar-refractivity contribution in [3.8, 4) is 0 Å². The molecule has 0 N–H and O–H groups in total. The molecule has 0 atom stereocenters. The summed E-state index contributed by atoms with van der Waals surface area (Å²) in [7, 11) is 0. The fraction of sp³-hybridized carbons (Fsp3) is 0.733. The number of rotatable bonds is 11. The Balaban J connectivity index is 4.49. The molecule has 0 aliphatic carbocycles. The predicted molar refractivity (Wildman–Crippen MR) is 80.4 cm³/mol. The van der Waals surface area contributed by atoms with Gasteiger partial charge in [-0.2, -0.15) is 0 Å². The molecule has 0 spiro atoms. The molecule has 0 aliphatic rings. The fourth-order valence-corrected chi connectivity index (χ4v) is 1.95. The smallest absolute Gasteiger partial charge is 0.320 e. The van der Waals surface area contributed by atoms with Gasteiger partial charge in [-0.25, -0.2) is 0 Å². The Kier molecular flexibility index (Phi) is 10.7. The van der Waals surface area contributed by atoms with Crippen LogP contribution in [0.4, 0.5) is 0 Å². The third-order valence-corrected chi connectivity index (χ3v) is 2.74. The molecule has 5 nitrogen and oxygen atoms in total. The molecule has 0 heterocycles. The SMILES string of the molecule is C=CCN(CC(=O)OCC)CC(=O)N(CCC)CCC. The second kappa shape index (κ2) is 11.5. The molecule has 0 bridgehead atoms. The van der Waals surface area contributed by atoms with Crippen LogP contribution in [-0.2, 0) is 14.3 Å². The highest BCUT2D eigenvalue weighted by Gasteiger charge is 2.18. The highest BCUT2D eigenvalue weighted by molar-refractivity contribution is 5.79. The first kappa shape index (κ1) is 18.6. The van der Waals surface area contributed by atoms with Crippen molar-refractivity contribution < 1.29 is 14.3 Å². The number of esters is 1. The number of carbonyl (C=O) groups excluding carboxylic acids is 2. The zero-order valence-corrected chi connectivity index (χ0v) is 13.1. The summed E-state index contributed by atoms with van der Waals surface area (Å²) in [6.45, 7) is 12.2. The normalized spacial score (nSPS) is 10.4. The van der Waals surface area contributed by atoms with E-state index in [1.165, 1.54) is 0 Å². The zero-order chi connectivity index (χ0) is 15.4. The quantitative estimate of drug-likeness (QED) is 0.428. The summed E-state index contributed by atoms with van der Waals surface area (Å²) >= 11 is 0. The van der Waals surface area contributed by atoms with E-state index in [4.69, 9.17) is 4.74 Å². The Hall–Kier alpha value is -1.36. The van der Waals surface area contributed by atoms with E-state index in [0.29, 0.717) is 13.2 Å². The minimum Gasteiger partial charge on any atom is -0.465 e. The molecule has 0 saturated heterocycles. The second-order valence-corrected chi connectivity index (χ2v) is 4.64. The van der Waals surface area contributed by atoms with Crippen molar-refractivity contribution >= 4 is 11.9 Å². The van der Waals surface area contributed by atoms with Crippen LogP contribution in [0.5, 0.6) is 0 Å². The molecule has 0 unspecified atom stereocenters. The largest absolute Gasteiger partial charge is 0.465 e. The maximum absolute atomic E-state index is 12.2. The number of nitrogens with zero attached hydrogens (tertiary/aromatic N) is 2. The van der Waals surface area contributed by atoms with Gasteiger partial charge in [-0.05, 0) is 19.8 Å². The third kappa shape index (κ3) is 7.94. The van der Waals surface area contributed by atoms with Gasteiger partial charge in [0.2, 0.25) is 5.91 Å². The molecule has 0 aliphatic heterocycles. The van der Waals surface area contributed by atoms with Crippen molar-refractivity contribution in [2.45, 2.75) is 33.6 Å². The molecule has 1 amide bonds. The van der Waals surface area contributed by atoms with Gasteiger partial charge in [0, 0.05) is 19.6 Å². The van der Waals surface area contributed by atoms with E-state index in [-0.39, 0.29) is 25.0 Å². The third-order valence-electron chi connectivity index (χ3n) is 2.74. The van der Waals surface area contributed by atoms with Crippen LogP contribution in [0.15, 0.2) is 12.7 Å². The Morgan fingerprint density at radius 2 is 1.70 bits per heavy atom. The molecular weight excluding hydrogens is 256 g/mol. The predicted octanol–water partition coefficient (Wildman–Crippen LogP) is 1.69.